The molecule has 1 fully saturated rings. The van der Waals surface area contributed by atoms with Gasteiger partial charge in [0.15, 0.2) is 0 Å². The van der Waals surface area contributed by atoms with Crippen molar-refractivity contribution in [3.63, 3.8) is 0 Å². The quantitative estimate of drug-likeness (QED) is 0.531. The van der Waals surface area contributed by atoms with Crippen LogP contribution in [-0.4, -0.2) is 81.1 Å². The van der Waals surface area contributed by atoms with E-state index in [0.717, 1.165) is 18.2 Å². The van der Waals surface area contributed by atoms with Crippen LogP contribution in [0.1, 0.15) is 17.5 Å². The lowest BCUT2D eigenvalue weighted by Crippen LogP contribution is -2.58. The monoisotopic (exact) mass is 525 g/mol. The Morgan fingerprint density at radius 3 is 2.66 bits per heavy atom. The Kier molecular flexibility index (Phi) is 7.27. The second kappa shape index (κ2) is 10.6. The lowest BCUT2D eigenvalue weighted by molar-refractivity contribution is 0.0255. The summed E-state index contributed by atoms with van der Waals surface area (Å²) < 4.78 is 45.9. The van der Waals surface area contributed by atoms with Crippen molar-refractivity contribution < 1.29 is 23.1 Å². The Bertz CT molecular complexity index is 1300. The summed E-state index contributed by atoms with van der Waals surface area (Å²) in [4.78, 5) is 18.7. The van der Waals surface area contributed by atoms with Crippen molar-refractivity contribution >= 4 is 11.6 Å². The fraction of sp³-hybridized carbons (Fsp3) is 0.357. The summed E-state index contributed by atoms with van der Waals surface area (Å²) in [5.41, 5.74) is -0.325. The van der Waals surface area contributed by atoms with E-state index in [2.05, 4.69) is 5.10 Å². The van der Waals surface area contributed by atoms with Crippen molar-refractivity contribution in [3.05, 3.63) is 95.8 Å². The van der Waals surface area contributed by atoms with E-state index >= 15 is 4.39 Å². The van der Waals surface area contributed by atoms with Gasteiger partial charge in [-0.15, -0.1) is 0 Å². The molecule has 2 aliphatic heterocycles. The molecule has 1 N–H and O–H groups in total. The maximum atomic E-state index is 15.4. The number of amides is 2. The van der Waals surface area contributed by atoms with E-state index in [-0.39, 0.29) is 18.7 Å². The first-order valence-electron chi connectivity index (χ1n) is 12.5. The van der Waals surface area contributed by atoms with E-state index in [1.54, 1.807) is 54.3 Å². The minimum absolute atomic E-state index is 0.0204. The number of aliphatic hydroxyl groups excluding tert-OH is 1. The number of hydrogen-bond acceptors (Lipinski definition) is 4. The molecule has 0 saturated carbocycles. The van der Waals surface area contributed by atoms with E-state index in [4.69, 9.17) is 0 Å². The van der Waals surface area contributed by atoms with Crippen molar-refractivity contribution in [2.45, 2.75) is 30.8 Å². The van der Waals surface area contributed by atoms with Crippen molar-refractivity contribution in [1.82, 2.24) is 24.5 Å². The third-order valence-electron chi connectivity index (χ3n) is 7.54. The Labute approximate surface area is 219 Å². The molecular weight excluding hydrogens is 495 g/mol. The fourth-order valence-corrected chi connectivity index (χ4v) is 5.50. The lowest BCUT2D eigenvalue weighted by atomic mass is 9.89. The highest BCUT2D eigenvalue weighted by atomic mass is 19.1. The normalized spacial score (nSPS) is 23.9. The first-order chi connectivity index (χ1) is 18.3. The molecule has 10 heteroatoms. The molecule has 0 bridgehead atoms. The number of rotatable bonds is 6. The summed E-state index contributed by atoms with van der Waals surface area (Å²) in [5.74, 6) is -1.24. The topological polar surface area (TPSA) is 64.8 Å². The maximum absolute atomic E-state index is 15.4. The number of hydrogen-bond donors (Lipinski definition) is 1. The van der Waals surface area contributed by atoms with E-state index in [1.165, 1.54) is 9.80 Å². The molecule has 3 aromatic rings. The van der Waals surface area contributed by atoms with Gasteiger partial charge in [-0.2, -0.15) is 5.10 Å². The molecule has 200 valence electrons. The molecule has 1 saturated heterocycles. The van der Waals surface area contributed by atoms with E-state index in [1.807, 2.05) is 17.2 Å². The van der Waals surface area contributed by atoms with Crippen LogP contribution in [0.3, 0.4) is 0 Å². The number of aromatic nitrogens is 2. The number of aliphatic hydroxyl groups is 1. The molecule has 2 aliphatic rings. The average molecular weight is 526 g/mol. The van der Waals surface area contributed by atoms with Crippen LogP contribution < -0.4 is 0 Å². The Balaban J connectivity index is 1.42. The molecule has 5 rings (SSSR count). The van der Waals surface area contributed by atoms with Gasteiger partial charge < -0.3 is 14.9 Å². The number of piperidine rings is 1. The first-order valence-corrected chi connectivity index (χ1v) is 12.5. The zero-order valence-electron chi connectivity index (χ0n) is 21.1. The second-order valence-corrected chi connectivity index (χ2v) is 9.86. The van der Waals surface area contributed by atoms with Gasteiger partial charge in [-0.25, -0.2) is 18.0 Å². The number of likely N-dealkylation sites (tertiary alicyclic amines) is 1. The predicted molar refractivity (Wildman–Crippen MR) is 137 cm³/mol. The average Bonchev–Trinajstić information content (AvgIpc) is 3.58. The van der Waals surface area contributed by atoms with Gasteiger partial charge >= 0.3 is 6.03 Å². The largest absolute Gasteiger partial charge is 0.393 e. The van der Waals surface area contributed by atoms with E-state index < -0.39 is 42.0 Å². The van der Waals surface area contributed by atoms with Crippen LogP contribution in [0.15, 0.2) is 73.1 Å². The van der Waals surface area contributed by atoms with Crippen LogP contribution >= 0.6 is 0 Å². The molecule has 0 spiro atoms. The lowest BCUT2D eigenvalue weighted by Gasteiger charge is -2.43. The number of carbonyl (C=O) groups excluding carboxylic acids is 1. The number of benzene rings is 2. The van der Waals surface area contributed by atoms with Gasteiger partial charge in [-0.3, -0.25) is 9.58 Å². The van der Waals surface area contributed by atoms with Crippen LogP contribution in [0, 0.1) is 11.6 Å². The third-order valence-corrected chi connectivity index (χ3v) is 7.54. The van der Waals surface area contributed by atoms with E-state index in [0.29, 0.717) is 30.8 Å². The Morgan fingerprint density at radius 2 is 1.97 bits per heavy atom. The van der Waals surface area contributed by atoms with Gasteiger partial charge in [-0.1, -0.05) is 30.3 Å². The molecule has 7 nitrogen and oxygen atoms in total. The smallest absolute Gasteiger partial charge is 0.321 e. The van der Waals surface area contributed by atoms with Crippen LogP contribution in [0.25, 0.3) is 5.57 Å². The predicted octanol–water partition coefficient (Wildman–Crippen LogP) is 3.87. The zero-order valence-corrected chi connectivity index (χ0v) is 21.1. The third kappa shape index (κ3) is 4.81. The number of halogens is 3. The zero-order chi connectivity index (χ0) is 26.9. The summed E-state index contributed by atoms with van der Waals surface area (Å²) in [6.07, 6.45) is 4.21. The minimum Gasteiger partial charge on any atom is -0.393 e. The van der Waals surface area contributed by atoms with Crippen LogP contribution in [-0.2, 0) is 12.2 Å². The number of carbonyl (C=O) groups is 1. The van der Waals surface area contributed by atoms with Crippen molar-refractivity contribution in [3.8, 4) is 0 Å². The van der Waals surface area contributed by atoms with Crippen molar-refractivity contribution in [1.29, 1.82) is 0 Å². The number of alkyl halides is 1. The van der Waals surface area contributed by atoms with Gasteiger partial charge in [0, 0.05) is 44.6 Å². The van der Waals surface area contributed by atoms with Gasteiger partial charge in [0.2, 0.25) is 0 Å². The Morgan fingerprint density at radius 1 is 1.18 bits per heavy atom. The van der Waals surface area contributed by atoms with Gasteiger partial charge in [0.05, 0.1) is 19.3 Å². The molecular formula is C28H30F3N5O2. The molecule has 3 heterocycles. The highest BCUT2D eigenvalue weighted by Gasteiger charge is 2.47. The fourth-order valence-electron chi connectivity index (χ4n) is 5.50. The Hall–Kier alpha value is -3.63. The molecule has 3 atom stereocenters. The standard InChI is InChI=1S/C28H30F3N5O2/c1-33(26-10-13-34(17-25(26)31)19-35-12-5-11-32-35)27(38)36-16-20(23-14-22(29)8-9-24(23)30)15-28(36,18-37)21-6-3-2-4-7-21/h2-9,11-12,14-15,25-26,37H,10,13,16-19H2,1H3/t25?,26?,28-/m1/s1. The molecule has 2 aromatic carbocycles. The molecule has 0 radical (unpaired) electrons. The molecule has 38 heavy (non-hydrogen) atoms. The van der Waals surface area contributed by atoms with Crippen LogP contribution in [0.5, 0.6) is 0 Å². The summed E-state index contributed by atoms with van der Waals surface area (Å²) in [6.45, 7) is 0.610. The summed E-state index contributed by atoms with van der Waals surface area (Å²) in [5, 5.41) is 14.8. The second-order valence-electron chi connectivity index (χ2n) is 9.86. The number of nitrogens with zero attached hydrogens (tertiary/aromatic N) is 5. The molecule has 1 aromatic heterocycles. The first kappa shape index (κ1) is 26.0. The van der Waals surface area contributed by atoms with Crippen molar-refractivity contribution in [2.75, 3.05) is 33.3 Å². The molecule has 2 amide bonds. The van der Waals surface area contributed by atoms with Crippen LogP contribution in [0.2, 0.25) is 0 Å². The SMILES string of the molecule is CN(C(=O)N1CC(c2cc(F)ccc2F)=C[C@@]1(CO)c1ccccc1)C1CCN(Cn2cccn2)CC1F. The molecule has 0 aliphatic carbocycles. The highest BCUT2D eigenvalue weighted by Crippen LogP contribution is 2.41. The maximum Gasteiger partial charge on any atom is 0.321 e. The molecule has 2 unspecified atom stereocenters. The summed E-state index contributed by atoms with van der Waals surface area (Å²) in [6, 6.07) is 12.7. The minimum atomic E-state index is -1.33. The van der Waals surface area contributed by atoms with Gasteiger partial charge in [-0.05, 0) is 47.9 Å². The van der Waals surface area contributed by atoms with Crippen LogP contribution in [0.4, 0.5) is 18.0 Å². The van der Waals surface area contributed by atoms with Crippen molar-refractivity contribution in [2.24, 2.45) is 0 Å². The number of urea groups is 1. The summed E-state index contributed by atoms with van der Waals surface area (Å²) >= 11 is 0. The van der Waals surface area contributed by atoms with Gasteiger partial charge in [0.25, 0.3) is 0 Å². The highest BCUT2D eigenvalue weighted by molar-refractivity contribution is 5.83. The summed E-state index contributed by atoms with van der Waals surface area (Å²) in [7, 11) is 1.55. The van der Waals surface area contributed by atoms with Gasteiger partial charge in [0.1, 0.15) is 23.3 Å². The van der Waals surface area contributed by atoms with E-state index in [9.17, 15) is 18.7 Å².